The van der Waals surface area contributed by atoms with Crippen LogP contribution in [0.25, 0.3) is 11.5 Å². The largest absolute Gasteiger partial charge is 0.451 e. The molecule has 37 heavy (non-hydrogen) atoms. The van der Waals surface area contributed by atoms with Gasteiger partial charge in [-0.05, 0) is 49.8 Å². The Balaban J connectivity index is 1.45. The van der Waals surface area contributed by atoms with E-state index in [0.29, 0.717) is 37.1 Å². The van der Waals surface area contributed by atoms with E-state index in [-0.39, 0.29) is 48.5 Å². The second-order valence-corrected chi connectivity index (χ2v) is 9.41. The van der Waals surface area contributed by atoms with E-state index in [1.165, 1.54) is 6.07 Å². The molecule has 0 amide bonds. The molecule has 1 N–H and O–H groups in total. The van der Waals surface area contributed by atoms with Crippen LogP contribution in [0.15, 0.2) is 30.6 Å². The fraction of sp³-hybridized carbons (Fsp3) is 0.458. The number of nitrogens with zero attached hydrogens (tertiary/aromatic N) is 7. The van der Waals surface area contributed by atoms with Crippen molar-refractivity contribution in [1.29, 1.82) is 5.26 Å². The number of pyridine rings is 1. The van der Waals surface area contributed by atoms with Crippen LogP contribution in [0.1, 0.15) is 55.9 Å². The Kier molecular flexibility index (Phi) is 6.21. The first-order valence-electron chi connectivity index (χ1n) is 11.7. The van der Waals surface area contributed by atoms with E-state index in [9.17, 15) is 27.2 Å². The molecule has 13 heteroatoms. The number of rotatable bonds is 7. The summed E-state index contributed by atoms with van der Waals surface area (Å²) in [7, 11) is 0. The molecule has 1 atom stereocenters. The minimum absolute atomic E-state index is 0.0443. The number of alkyl halides is 5. The summed E-state index contributed by atoms with van der Waals surface area (Å²) in [5.41, 5.74) is 0.357. The predicted molar refractivity (Wildman–Crippen MR) is 121 cm³/mol. The first kappa shape index (κ1) is 24.9. The zero-order chi connectivity index (χ0) is 26.3. The molecule has 0 bridgehead atoms. The molecule has 3 aromatic heterocycles. The number of hydrogen-bond acceptors (Lipinski definition) is 8. The van der Waals surface area contributed by atoms with E-state index >= 15 is 0 Å². The van der Waals surface area contributed by atoms with Gasteiger partial charge in [-0.3, -0.25) is 4.98 Å². The third-order valence-electron chi connectivity index (χ3n) is 6.57. The van der Waals surface area contributed by atoms with Gasteiger partial charge >= 0.3 is 6.18 Å². The van der Waals surface area contributed by atoms with Crippen molar-refractivity contribution in [3.8, 4) is 17.6 Å². The maximum Gasteiger partial charge on any atom is 0.451 e. The van der Waals surface area contributed by atoms with Gasteiger partial charge in [-0.25, -0.2) is 23.7 Å². The van der Waals surface area contributed by atoms with Crippen LogP contribution in [0, 0.1) is 17.2 Å². The van der Waals surface area contributed by atoms with Crippen molar-refractivity contribution >= 4 is 11.6 Å². The molecule has 3 heterocycles. The second kappa shape index (κ2) is 9.24. The van der Waals surface area contributed by atoms with Crippen LogP contribution in [0.2, 0.25) is 0 Å². The molecule has 5 rings (SSSR count). The molecule has 0 unspecified atom stereocenters. The molecule has 2 aliphatic carbocycles. The lowest BCUT2D eigenvalue weighted by Gasteiger charge is -2.13. The van der Waals surface area contributed by atoms with Crippen molar-refractivity contribution in [2.75, 3.05) is 5.32 Å². The second-order valence-electron chi connectivity index (χ2n) is 9.41. The van der Waals surface area contributed by atoms with Crippen LogP contribution in [0.5, 0.6) is 0 Å². The smallest absolute Gasteiger partial charge is 0.324 e. The summed E-state index contributed by atoms with van der Waals surface area (Å²) in [6, 6.07) is 6.88. The molecule has 2 aliphatic rings. The van der Waals surface area contributed by atoms with Gasteiger partial charge in [0.2, 0.25) is 17.7 Å². The van der Waals surface area contributed by atoms with Gasteiger partial charge in [0, 0.05) is 37.3 Å². The van der Waals surface area contributed by atoms with Gasteiger partial charge < -0.3 is 5.32 Å². The van der Waals surface area contributed by atoms with Crippen molar-refractivity contribution in [2.24, 2.45) is 5.92 Å². The molecule has 0 aromatic carbocycles. The Morgan fingerprint density at radius 3 is 2.49 bits per heavy atom. The SMILES string of the molecule is N#CC1(c2cc(Nc3nc(CC[C@@H]4CCC(F)(F)C4)nc(-c4ccnc(C(F)(F)F)n4)n3)ccn2)CC1. The Morgan fingerprint density at radius 1 is 1.03 bits per heavy atom. The van der Waals surface area contributed by atoms with Crippen molar-refractivity contribution in [2.45, 2.75) is 62.5 Å². The Labute approximate surface area is 208 Å². The third kappa shape index (κ3) is 5.63. The van der Waals surface area contributed by atoms with Gasteiger partial charge in [0.15, 0.2) is 5.82 Å². The highest BCUT2D eigenvalue weighted by atomic mass is 19.4. The number of nitrogens with one attached hydrogen (secondary N) is 1. The highest BCUT2D eigenvalue weighted by molar-refractivity contribution is 5.58. The summed E-state index contributed by atoms with van der Waals surface area (Å²) < 4.78 is 66.7. The van der Waals surface area contributed by atoms with Crippen LogP contribution in [0.3, 0.4) is 0 Å². The first-order valence-corrected chi connectivity index (χ1v) is 11.7. The molecule has 0 spiro atoms. The number of nitriles is 1. The van der Waals surface area contributed by atoms with Crippen LogP contribution in [-0.2, 0) is 18.0 Å². The van der Waals surface area contributed by atoms with Gasteiger partial charge in [-0.2, -0.15) is 28.4 Å². The van der Waals surface area contributed by atoms with Gasteiger partial charge in [0.05, 0.1) is 17.2 Å². The van der Waals surface area contributed by atoms with Crippen LogP contribution in [-0.4, -0.2) is 35.8 Å². The summed E-state index contributed by atoms with van der Waals surface area (Å²) in [6.45, 7) is 0. The number of aryl methyl sites for hydroxylation is 1. The highest BCUT2D eigenvalue weighted by Crippen LogP contribution is 2.47. The predicted octanol–water partition coefficient (Wildman–Crippen LogP) is 5.41. The van der Waals surface area contributed by atoms with E-state index < -0.39 is 23.3 Å². The first-order chi connectivity index (χ1) is 17.6. The lowest BCUT2D eigenvalue weighted by molar-refractivity contribution is -0.144. The molecule has 0 aliphatic heterocycles. The Morgan fingerprint density at radius 2 is 1.81 bits per heavy atom. The van der Waals surface area contributed by atoms with Gasteiger partial charge in [0.1, 0.15) is 11.5 Å². The highest BCUT2D eigenvalue weighted by Gasteiger charge is 2.46. The molecule has 2 fully saturated rings. The normalized spacial score (nSPS) is 19.8. The van der Waals surface area contributed by atoms with Crippen molar-refractivity contribution in [3.63, 3.8) is 0 Å². The topological polar surface area (TPSA) is 113 Å². The summed E-state index contributed by atoms with van der Waals surface area (Å²) in [5, 5.41) is 12.5. The van der Waals surface area contributed by atoms with E-state index in [1.807, 2.05) is 0 Å². The monoisotopic (exact) mass is 516 g/mol. The van der Waals surface area contributed by atoms with E-state index in [1.54, 1.807) is 18.3 Å². The van der Waals surface area contributed by atoms with E-state index in [4.69, 9.17) is 0 Å². The number of aromatic nitrogens is 6. The summed E-state index contributed by atoms with van der Waals surface area (Å²) in [5.74, 6) is -4.05. The quantitative estimate of drug-likeness (QED) is 0.415. The maximum atomic E-state index is 13.6. The Bertz CT molecular complexity index is 1350. The molecular formula is C24H21F5N8. The number of hydrogen-bond donors (Lipinski definition) is 1. The lowest BCUT2D eigenvalue weighted by Crippen LogP contribution is -2.13. The van der Waals surface area contributed by atoms with E-state index in [2.05, 4.69) is 41.3 Å². The average molecular weight is 516 g/mol. The van der Waals surface area contributed by atoms with Crippen molar-refractivity contribution < 1.29 is 22.0 Å². The van der Waals surface area contributed by atoms with Crippen LogP contribution in [0.4, 0.5) is 33.6 Å². The average Bonchev–Trinajstić information content (AvgIpc) is 3.59. The maximum absolute atomic E-state index is 13.6. The van der Waals surface area contributed by atoms with Gasteiger partial charge in [-0.1, -0.05) is 0 Å². The van der Waals surface area contributed by atoms with Gasteiger partial charge in [-0.15, -0.1) is 0 Å². The molecule has 0 saturated heterocycles. The molecule has 2 saturated carbocycles. The molecule has 192 valence electrons. The van der Waals surface area contributed by atoms with Crippen LogP contribution < -0.4 is 5.32 Å². The minimum Gasteiger partial charge on any atom is -0.324 e. The minimum atomic E-state index is -4.76. The molecule has 0 radical (unpaired) electrons. The summed E-state index contributed by atoms with van der Waals surface area (Å²) in [6.07, 6.45) is -0.190. The fourth-order valence-corrected chi connectivity index (χ4v) is 4.39. The lowest BCUT2D eigenvalue weighted by atomic mass is 10.0. The molecule has 3 aromatic rings. The van der Waals surface area contributed by atoms with Gasteiger partial charge in [0.25, 0.3) is 0 Å². The fourth-order valence-electron chi connectivity index (χ4n) is 4.39. The van der Waals surface area contributed by atoms with Crippen molar-refractivity contribution in [1.82, 2.24) is 29.9 Å². The third-order valence-corrected chi connectivity index (χ3v) is 6.57. The van der Waals surface area contributed by atoms with Crippen LogP contribution >= 0.6 is 0 Å². The summed E-state index contributed by atoms with van der Waals surface area (Å²) >= 11 is 0. The Hall–Kier alpha value is -3.82. The zero-order valence-corrected chi connectivity index (χ0v) is 19.4. The molecule has 8 nitrogen and oxygen atoms in total. The number of anilines is 2. The standard InChI is InChI=1S/C24H21F5N8/c25-23(26)6-3-14(12-23)1-2-18-35-19(16-5-10-32-20(34-16)24(27,28)29)37-21(36-18)33-15-4-9-31-17(11-15)22(13-30)7-8-22/h4-5,9-11,14H,1-3,6-8,12H2,(H,31,33,35,36,37)/t14-/m1/s1. The zero-order valence-electron chi connectivity index (χ0n) is 19.4. The number of halogens is 5. The summed E-state index contributed by atoms with van der Waals surface area (Å²) in [4.78, 5) is 24.0. The van der Waals surface area contributed by atoms with E-state index in [0.717, 1.165) is 6.20 Å². The molecular weight excluding hydrogens is 495 g/mol. The van der Waals surface area contributed by atoms with Crippen molar-refractivity contribution in [3.05, 3.63) is 47.9 Å².